The minimum atomic E-state index is -0.329. The molecule has 3 nitrogen and oxygen atoms in total. The number of carbonyl (C=O) groups is 1. The third-order valence-corrected chi connectivity index (χ3v) is 4.14. The second kappa shape index (κ2) is 8.41. The van der Waals surface area contributed by atoms with Crippen molar-refractivity contribution in [3.63, 3.8) is 0 Å². The van der Waals surface area contributed by atoms with Crippen LogP contribution in [0.3, 0.4) is 0 Å². The molecule has 3 rings (SSSR count). The molecule has 1 atom stereocenters. The summed E-state index contributed by atoms with van der Waals surface area (Å²) in [6.45, 7) is 2.19. The molecule has 0 aliphatic heterocycles. The second-order valence-electron chi connectivity index (χ2n) is 6.19. The van der Waals surface area contributed by atoms with Gasteiger partial charge in [0.05, 0.1) is 12.6 Å². The van der Waals surface area contributed by atoms with Crippen LogP contribution in [0.5, 0.6) is 0 Å². The van der Waals surface area contributed by atoms with Crippen molar-refractivity contribution in [3.05, 3.63) is 101 Å². The molecular formula is C22H21FN2O. The van der Waals surface area contributed by atoms with Gasteiger partial charge in [-0.2, -0.15) is 0 Å². The lowest BCUT2D eigenvalue weighted by Crippen LogP contribution is -2.31. The number of benzene rings is 3. The van der Waals surface area contributed by atoms with E-state index in [-0.39, 0.29) is 24.3 Å². The normalized spacial score (nSPS) is 11.8. The Morgan fingerprint density at radius 2 is 1.50 bits per heavy atom. The Labute approximate surface area is 152 Å². The Balaban J connectivity index is 1.70. The Morgan fingerprint density at radius 3 is 2.15 bits per heavy atom. The highest BCUT2D eigenvalue weighted by molar-refractivity contribution is 5.92. The summed E-state index contributed by atoms with van der Waals surface area (Å²) in [6, 6.07) is 23.9. The van der Waals surface area contributed by atoms with E-state index in [4.69, 9.17) is 0 Å². The van der Waals surface area contributed by atoms with E-state index in [2.05, 4.69) is 34.9 Å². The average molecular weight is 348 g/mol. The molecule has 0 heterocycles. The van der Waals surface area contributed by atoms with Gasteiger partial charge in [0.15, 0.2) is 0 Å². The zero-order chi connectivity index (χ0) is 18.4. The van der Waals surface area contributed by atoms with Crippen molar-refractivity contribution in [2.75, 3.05) is 11.9 Å². The summed E-state index contributed by atoms with van der Waals surface area (Å²) in [5.74, 6) is -0.505. The molecule has 0 aliphatic rings. The fraction of sp³-hybridized carbons (Fsp3) is 0.136. The maximum absolute atomic E-state index is 13.0. The molecule has 2 N–H and O–H groups in total. The third-order valence-electron chi connectivity index (χ3n) is 4.14. The number of aryl methyl sites for hydroxylation is 1. The van der Waals surface area contributed by atoms with Gasteiger partial charge >= 0.3 is 0 Å². The van der Waals surface area contributed by atoms with Crippen LogP contribution in [-0.4, -0.2) is 12.5 Å². The number of nitrogens with one attached hydrogen (secondary N) is 2. The van der Waals surface area contributed by atoms with Crippen LogP contribution in [0.2, 0.25) is 0 Å². The number of carbonyl (C=O) groups excluding carboxylic acids is 1. The highest BCUT2D eigenvalue weighted by atomic mass is 19.1. The maximum Gasteiger partial charge on any atom is 0.238 e. The fourth-order valence-corrected chi connectivity index (χ4v) is 2.77. The first-order chi connectivity index (χ1) is 12.6. The Morgan fingerprint density at radius 1 is 0.885 bits per heavy atom. The van der Waals surface area contributed by atoms with E-state index in [1.54, 1.807) is 12.1 Å². The van der Waals surface area contributed by atoms with E-state index in [1.165, 1.54) is 17.7 Å². The SMILES string of the molecule is Cc1ccc([C@@H](NCC(=O)Nc2ccc(F)cc2)c2ccccc2)cc1. The van der Waals surface area contributed by atoms with Gasteiger partial charge in [0.25, 0.3) is 0 Å². The van der Waals surface area contributed by atoms with Crippen LogP contribution in [0, 0.1) is 12.7 Å². The molecule has 3 aromatic carbocycles. The summed E-state index contributed by atoms with van der Waals surface area (Å²) >= 11 is 0. The van der Waals surface area contributed by atoms with Crippen molar-refractivity contribution >= 4 is 11.6 Å². The lowest BCUT2D eigenvalue weighted by molar-refractivity contribution is -0.115. The average Bonchev–Trinajstić information content (AvgIpc) is 2.66. The zero-order valence-electron chi connectivity index (χ0n) is 14.6. The molecule has 0 aliphatic carbocycles. The first kappa shape index (κ1) is 17.8. The molecule has 0 spiro atoms. The minimum absolute atomic E-state index is 0.0873. The summed E-state index contributed by atoms with van der Waals surface area (Å²) in [6.07, 6.45) is 0. The Bertz CT molecular complexity index is 846. The molecule has 0 saturated carbocycles. The third kappa shape index (κ3) is 4.77. The van der Waals surface area contributed by atoms with Gasteiger partial charge in [-0.25, -0.2) is 4.39 Å². The van der Waals surface area contributed by atoms with Gasteiger partial charge in [-0.05, 0) is 42.3 Å². The van der Waals surface area contributed by atoms with Crippen LogP contribution in [-0.2, 0) is 4.79 Å². The number of rotatable bonds is 6. The Kier molecular flexibility index (Phi) is 5.77. The molecule has 1 amide bonds. The largest absolute Gasteiger partial charge is 0.325 e. The van der Waals surface area contributed by atoms with E-state index in [0.29, 0.717) is 5.69 Å². The van der Waals surface area contributed by atoms with Crippen molar-refractivity contribution in [3.8, 4) is 0 Å². The van der Waals surface area contributed by atoms with Crippen molar-refractivity contribution in [2.24, 2.45) is 0 Å². The first-order valence-corrected chi connectivity index (χ1v) is 8.52. The number of hydrogen-bond acceptors (Lipinski definition) is 2. The Hall–Kier alpha value is -2.98. The van der Waals surface area contributed by atoms with Gasteiger partial charge in [0, 0.05) is 5.69 Å². The molecule has 3 aromatic rings. The van der Waals surface area contributed by atoms with Crippen LogP contribution < -0.4 is 10.6 Å². The summed E-state index contributed by atoms with van der Waals surface area (Å²) < 4.78 is 13.0. The van der Waals surface area contributed by atoms with Gasteiger partial charge in [0.2, 0.25) is 5.91 Å². The summed E-state index contributed by atoms with van der Waals surface area (Å²) in [5, 5.41) is 6.09. The van der Waals surface area contributed by atoms with Crippen LogP contribution in [0.4, 0.5) is 10.1 Å². The molecule has 0 aromatic heterocycles. The minimum Gasteiger partial charge on any atom is -0.325 e. The smallest absolute Gasteiger partial charge is 0.238 e. The van der Waals surface area contributed by atoms with Gasteiger partial charge < -0.3 is 5.32 Å². The van der Waals surface area contributed by atoms with Gasteiger partial charge in [-0.1, -0.05) is 60.2 Å². The molecule has 0 radical (unpaired) electrons. The standard InChI is InChI=1S/C22H21FN2O/c1-16-7-9-18(10-8-16)22(17-5-3-2-4-6-17)24-15-21(26)25-20-13-11-19(23)12-14-20/h2-14,22,24H,15H2,1H3,(H,25,26)/t22-/m0/s1. The van der Waals surface area contributed by atoms with Crippen molar-refractivity contribution in [1.82, 2.24) is 5.32 Å². The van der Waals surface area contributed by atoms with Crippen LogP contribution >= 0.6 is 0 Å². The zero-order valence-corrected chi connectivity index (χ0v) is 14.6. The van der Waals surface area contributed by atoms with Crippen molar-refractivity contribution in [2.45, 2.75) is 13.0 Å². The summed E-state index contributed by atoms with van der Waals surface area (Å²) in [4.78, 5) is 12.3. The monoisotopic (exact) mass is 348 g/mol. The predicted octanol–water partition coefficient (Wildman–Crippen LogP) is 4.45. The topological polar surface area (TPSA) is 41.1 Å². The molecule has 0 bridgehead atoms. The van der Waals surface area contributed by atoms with Crippen molar-refractivity contribution < 1.29 is 9.18 Å². The second-order valence-corrected chi connectivity index (χ2v) is 6.19. The van der Waals surface area contributed by atoms with Gasteiger partial charge in [0.1, 0.15) is 5.82 Å². The number of amides is 1. The number of halogens is 1. The van der Waals surface area contributed by atoms with E-state index in [9.17, 15) is 9.18 Å². The van der Waals surface area contributed by atoms with Crippen molar-refractivity contribution in [1.29, 1.82) is 0 Å². The van der Waals surface area contributed by atoms with Gasteiger partial charge in [-0.3, -0.25) is 10.1 Å². The van der Waals surface area contributed by atoms with E-state index >= 15 is 0 Å². The van der Waals surface area contributed by atoms with Gasteiger partial charge in [-0.15, -0.1) is 0 Å². The molecule has 0 saturated heterocycles. The lowest BCUT2D eigenvalue weighted by Gasteiger charge is -2.20. The van der Waals surface area contributed by atoms with E-state index < -0.39 is 0 Å². The highest BCUT2D eigenvalue weighted by Gasteiger charge is 2.15. The van der Waals surface area contributed by atoms with Crippen LogP contribution in [0.1, 0.15) is 22.7 Å². The molecule has 26 heavy (non-hydrogen) atoms. The molecule has 0 fully saturated rings. The first-order valence-electron chi connectivity index (χ1n) is 8.52. The van der Waals surface area contributed by atoms with E-state index in [1.807, 2.05) is 37.3 Å². The predicted molar refractivity (Wildman–Crippen MR) is 102 cm³/mol. The quantitative estimate of drug-likeness (QED) is 0.691. The van der Waals surface area contributed by atoms with Crippen LogP contribution in [0.25, 0.3) is 0 Å². The fourth-order valence-electron chi connectivity index (χ4n) is 2.77. The molecular weight excluding hydrogens is 327 g/mol. The summed E-state index contributed by atoms with van der Waals surface area (Å²) in [5.41, 5.74) is 3.95. The van der Waals surface area contributed by atoms with E-state index in [0.717, 1.165) is 11.1 Å². The maximum atomic E-state index is 13.0. The highest BCUT2D eigenvalue weighted by Crippen LogP contribution is 2.22. The van der Waals surface area contributed by atoms with Crippen LogP contribution in [0.15, 0.2) is 78.9 Å². The lowest BCUT2D eigenvalue weighted by atomic mass is 9.98. The molecule has 0 unspecified atom stereocenters. The number of anilines is 1. The molecule has 132 valence electrons. The summed E-state index contributed by atoms with van der Waals surface area (Å²) in [7, 11) is 0. The molecule has 4 heteroatoms. The number of hydrogen-bond donors (Lipinski definition) is 2.